The van der Waals surface area contributed by atoms with Crippen molar-refractivity contribution in [2.24, 2.45) is 5.92 Å². The molecule has 0 aromatic heterocycles. The molecule has 0 heterocycles. The topological polar surface area (TPSA) is 67.4 Å². The quantitative estimate of drug-likeness (QED) is 0.804. The number of anilines is 2. The normalized spacial score (nSPS) is 10.4. The maximum atomic E-state index is 12.1. The summed E-state index contributed by atoms with van der Waals surface area (Å²) in [5.41, 5.74) is 2.48. The van der Waals surface area contributed by atoms with Crippen LogP contribution in [0.1, 0.15) is 25.8 Å². The van der Waals surface area contributed by atoms with E-state index in [9.17, 15) is 9.59 Å². The van der Waals surface area contributed by atoms with Crippen molar-refractivity contribution < 1.29 is 14.3 Å². The molecule has 0 aliphatic rings. The summed E-state index contributed by atoms with van der Waals surface area (Å²) >= 11 is 0. The molecule has 0 spiro atoms. The average Bonchev–Trinajstić information content (AvgIpc) is 2.61. The number of amides is 2. The van der Waals surface area contributed by atoms with Crippen LogP contribution in [0.25, 0.3) is 0 Å². The van der Waals surface area contributed by atoms with Gasteiger partial charge in [-0.15, -0.1) is 0 Å². The molecule has 2 aromatic rings. The van der Waals surface area contributed by atoms with Gasteiger partial charge in [0.05, 0.1) is 7.11 Å². The minimum absolute atomic E-state index is 0.0323. The van der Waals surface area contributed by atoms with Gasteiger partial charge in [0.15, 0.2) is 0 Å². The van der Waals surface area contributed by atoms with Gasteiger partial charge in [-0.2, -0.15) is 0 Å². The Labute approximate surface area is 148 Å². The Bertz CT molecular complexity index is 724. The number of carbonyl (C=O) groups is 2. The standard InChI is InChI=1S/C20H24N2O3/c1-14(2)20(24)22-17-10-8-16(9-11-17)21-19(23)12-7-15-5-4-6-18(13-15)25-3/h4-6,8-11,13-14H,7,12H2,1-3H3,(H,21,23)(H,22,24). The highest BCUT2D eigenvalue weighted by atomic mass is 16.5. The van der Waals surface area contributed by atoms with Gasteiger partial charge in [-0.3, -0.25) is 9.59 Å². The second-order valence-electron chi connectivity index (χ2n) is 6.12. The molecule has 5 heteroatoms. The number of benzene rings is 2. The lowest BCUT2D eigenvalue weighted by atomic mass is 10.1. The predicted octanol–water partition coefficient (Wildman–Crippen LogP) is 3.86. The lowest BCUT2D eigenvalue weighted by Gasteiger charge is -2.09. The molecule has 0 atom stereocenters. The summed E-state index contributed by atoms with van der Waals surface area (Å²) in [5, 5.41) is 5.68. The van der Waals surface area contributed by atoms with Crippen molar-refractivity contribution in [2.45, 2.75) is 26.7 Å². The molecule has 0 aliphatic carbocycles. The van der Waals surface area contributed by atoms with Crippen LogP contribution in [-0.4, -0.2) is 18.9 Å². The van der Waals surface area contributed by atoms with E-state index in [-0.39, 0.29) is 17.7 Å². The molecule has 0 unspecified atom stereocenters. The molecule has 0 aliphatic heterocycles. The lowest BCUT2D eigenvalue weighted by Crippen LogP contribution is -2.17. The molecule has 2 N–H and O–H groups in total. The van der Waals surface area contributed by atoms with Crippen LogP contribution in [0.4, 0.5) is 11.4 Å². The number of ether oxygens (including phenoxy) is 1. The SMILES string of the molecule is COc1cccc(CCC(=O)Nc2ccc(NC(=O)C(C)C)cc2)c1. The van der Waals surface area contributed by atoms with Gasteiger partial charge in [-0.05, 0) is 48.4 Å². The monoisotopic (exact) mass is 340 g/mol. The van der Waals surface area contributed by atoms with Gasteiger partial charge >= 0.3 is 0 Å². The highest BCUT2D eigenvalue weighted by Crippen LogP contribution is 2.16. The Balaban J connectivity index is 1.84. The smallest absolute Gasteiger partial charge is 0.226 e. The van der Waals surface area contributed by atoms with E-state index in [0.29, 0.717) is 24.2 Å². The number of methoxy groups -OCH3 is 1. The first-order valence-corrected chi connectivity index (χ1v) is 8.31. The van der Waals surface area contributed by atoms with Gasteiger partial charge in [0.1, 0.15) is 5.75 Å². The van der Waals surface area contributed by atoms with Crippen LogP contribution in [-0.2, 0) is 16.0 Å². The number of carbonyl (C=O) groups excluding carboxylic acids is 2. The molecular weight excluding hydrogens is 316 g/mol. The van der Waals surface area contributed by atoms with Crippen LogP contribution in [0.15, 0.2) is 48.5 Å². The summed E-state index contributed by atoms with van der Waals surface area (Å²) in [6.45, 7) is 3.68. The molecule has 0 fully saturated rings. The lowest BCUT2D eigenvalue weighted by molar-refractivity contribution is -0.119. The first kappa shape index (κ1) is 18.5. The molecule has 132 valence electrons. The van der Waals surface area contributed by atoms with Crippen LogP contribution in [0.5, 0.6) is 5.75 Å². The van der Waals surface area contributed by atoms with Crippen molar-refractivity contribution >= 4 is 23.2 Å². The van der Waals surface area contributed by atoms with Crippen LogP contribution in [0, 0.1) is 5.92 Å². The summed E-state index contributed by atoms with van der Waals surface area (Å²) in [6.07, 6.45) is 1.03. The van der Waals surface area contributed by atoms with Gasteiger partial charge in [0.25, 0.3) is 0 Å². The van der Waals surface area contributed by atoms with Crippen molar-refractivity contribution in [3.8, 4) is 5.75 Å². The van der Waals surface area contributed by atoms with E-state index >= 15 is 0 Å². The maximum Gasteiger partial charge on any atom is 0.226 e. The molecule has 0 saturated carbocycles. The average molecular weight is 340 g/mol. The molecule has 5 nitrogen and oxygen atoms in total. The Morgan fingerprint density at radius 2 is 1.64 bits per heavy atom. The number of nitrogens with one attached hydrogen (secondary N) is 2. The first-order chi connectivity index (χ1) is 12.0. The molecule has 2 aromatic carbocycles. The Morgan fingerprint density at radius 1 is 1.00 bits per heavy atom. The van der Waals surface area contributed by atoms with Crippen molar-refractivity contribution in [2.75, 3.05) is 17.7 Å². The van der Waals surface area contributed by atoms with Crippen molar-refractivity contribution in [1.29, 1.82) is 0 Å². The summed E-state index contributed by atoms with van der Waals surface area (Å²) in [4.78, 5) is 23.7. The van der Waals surface area contributed by atoms with Gasteiger partial charge in [-0.25, -0.2) is 0 Å². The Hall–Kier alpha value is -2.82. The molecule has 2 rings (SSSR count). The van der Waals surface area contributed by atoms with E-state index in [1.54, 1.807) is 31.4 Å². The first-order valence-electron chi connectivity index (χ1n) is 8.31. The zero-order chi connectivity index (χ0) is 18.2. The van der Waals surface area contributed by atoms with E-state index in [0.717, 1.165) is 11.3 Å². The Morgan fingerprint density at radius 3 is 2.24 bits per heavy atom. The number of rotatable bonds is 7. The third-order valence-corrected chi connectivity index (χ3v) is 3.74. The zero-order valence-electron chi connectivity index (χ0n) is 14.8. The van der Waals surface area contributed by atoms with Crippen molar-refractivity contribution in [3.63, 3.8) is 0 Å². The molecule has 2 amide bonds. The van der Waals surface area contributed by atoms with Gasteiger partial charge in [-0.1, -0.05) is 26.0 Å². The van der Waals surface area contributed by atoms with E-state index < -0.39 is 0 Å². The van der Waals surface area contributed by atoms with Crippen molar-refractivity contribution in [1.82, 2.24) is 0 Å². The maximum absolute atomic E-state index is 12.1. The molecule has 0 bridgehead atoms. The summed E-state index contributed by atoms with van der Waals surface area (Å²) in [7, 11) is 1.62. The summed E-state index contributed by atoms with van der Waals surface area (Å²) in [6, 6.07) is 14.8. The van der Waals surface area contributed by atoms with Gasteiger partial charge in [0, 0.05) is 23.7 Å². The third-order valence-electron chi connectivity index (χ3n) is 3.74. The van der Waals surface area contributed by atoms with E-state index in [1.807, 2.05) is 38.1 Å². The fraction of sp³-hybridized carbons (Fsp3) is 0.300. The number of hydrogen-bond acceptors (Lipinski definition) is 3. The van der Waals surface area contributed by atoms with E-state index in [2.05, 4.69) is 10.6 Å². The predicted molar refractivity (Wildman–Crippen MR) is 99.9 cm³/mol. The largest absolute Gasteiger partial charge is 0.497 e. The fourth-order valence-corrected chi connectivity index (χ4v) is 2.23. The summed E-state index contributed by atoms with van der Waals surface area (Å²) < 4.78 is 5.18. The zero-order valence-corrected chi connectivity index (χ0v) is 14.8. The highest BCUT2D eigenvalue weighted by Gasteiger charge is 2.08. The van der Waals surface area contributed by atoms with E-state index in [4.69, 9.17) is 4.74 Å². The van der Waals surface area contributed by atoms with Crippen LogP contribution in [0.3, 0.4) is 0 Å². The van der Waals surface area contributed by atoms with E-state index in [1.165, 1.54) is 0 Å². The van der Waals surface area contributed by atoms with Crippen LogP contribution in [0.2, 0.25) is 0 Å². The van der Waals surface area contributed by atoms with Crippen LogP contribution < -0.4 is 15.4 Å². The Kier molecular flexibility index (Phi) is 6.57. The van der Waals surface area contributed by atoms with Gasteiger partial charge < -0.3 is 15.4 Å². The highest BCUT2D eigenvalue weighted by molar-refractivity contribution is 5.93. The molecular formula is C20H24N2O3. The minimum Gasteiger partial charge on any atom is -0.497 e. The molecule has 0 saturated heterocycles. The minimum atomic E-state index is -0.0732. The summed E-state index contributed by atoms with van der Waals surface area (Å²) in [5.74, 6) is 0.629. The second kappa shape index (κ2) is 8.87. The second-order valence-corrected chi connectivity index (χ2v) is 6.12. The molecule has 0 radical (unpaired) electrons. The number of aryl methyl sites for hydroxylation is 1. The van der Waals surface area contributed by atoms with Gasteiger partial charge in [0.2, 0.25) is 11.8 Å². The van der Waals surface area contributed by atoms with Crippen LogP contribution >= 0.6 is 0 Å². The molecule has 25 heavy (non-hydrogen) atoms. The third kappa shape index (κ3) is 5.95. The van der Waals surface area contributed by atoms with Crippen molar-refractivity contribution in [3.05, 3.63) is 54.1 Å². The fourth-order valence-electron chi connectivity index (χ4n) is 2.23. The number of hydrogen-bond donors (Lipinski definition) is 2.